The molecule has 12 heteroatoms. The van der Waals surface area contributed by atoms with Crippen LogP contribution in [0.1, 0.15) is 15.9 Å². The van der Waals surface area contributed by atoms with E-state index in [4.69, 9.17) is 16.3 Å². The highest BCUT2D eigenvalue weighted by Gasteiger charge is 2.17. The lowest BCUT2D eigenvalue weighted by atomic mass is 10.1. The van der Waals surface area contributed by atoms with Crippen molar-refractivity contribution in [1.82, 2.24) is 45.3 Å². The van der Waals surface area contributed by atoms with Crippen LogP contribution >= 0.6 is 11.6 Å². The average Bonchev–Trinajstić information content (AvgIpc) is 3.46. The SMILES string of the molecule is COc1cc(-n2cnnn2)c(Cl)cc1C(=O)NCc1ccc(-n2cncn2)nc1. The highest BCUT2D eigenvalue weighted by atomic mass is 35.5. The van der Waals surface area contributed by atoms with Crippen LogP contribution in [-0.2, 0) is 6.54 Å². The van der Waals surface area contributed by atoms with Crippen molar-refractivity contribution >= 4 is 17.5 Å². The van der Waals surface area contributed by atoms with Crippen molar-refractivity contribution in [3.63, 3.8) is 0 Å². The lowest BCUT2D eigenvalue weighted by Gasteiger charge is -2.12. The highest BCUT2D eigenvalue weighted by molar-refractivity contribution is 6.33. The molecule has 0 saturated heterocycles. The number of aromatic nitrogens is 8. The highest BCUT2D eigenvalue weighted by Crippen LogP contribution is 2.29. The largest absolute Gasteiger partial charge is 0.496 e. The molecular formula is C17H14ClN9O2. The van der Waals surface area contributed by atoms with Gasteiger partial charge in [-0.1, -0.05) is 17.7 Å². The van der Waals surface area contributed by atoms with Gasteiger partial charge in [-0.3, -0.25) is 4.79 Å². The van der Waals surface area contributed by atoms with Crippen LogP contribution in [0.4, 0.5) is 0 Å². The second kappa shape index (κ2) is 8.02. The molecule has 11 nitrogen and oxygen atoms in total. The van der Waals surface area contributed by atoms with Crippen molar-refractivity contribution in [3.8, 4) is 17.3 Å². The number of pyridine rings is 1. The third-order valence-corrected chi connectivity index (χ3v) is 4.33. The first-order valence-electron chi connectivity index (χ1n) is 8.34. The summed E-state index contributed by atoms with van der Waals surface area (Å²) >= 11 is 6.30. The van der Waals surface area contributed by atoms with E-state index in [-0.39, 0.29) is 12.5 Å². The fourth-order valence-corrected chi connectivity index (χ4v) is 2.85. The number of carbonyl (C=O) groups is 1. The molecule has 1 N–H and O–H groups in total. The monoisotopic (exact) mass is 411 g/mol. The summed E-state index contributed by atoms with van der Waals surface area (Å²) < 4.78 is 8.27. The van der Waals surface area contributed by atoms with Gasteiger partial charge in [0.25, 0.3) is 5.91 Å². The number of ether oxygens (including phenoxy) is 1. The fraction of sp³-hybridized carbons (Fsp3) is 0.118. The molecular weight excluding hydrogens is 398 g/mol. The van der Waals surface area contributed by atoms with Crippen molar-refractivity contribution in [3.05, 3.63) is 65.6 Å². The molecule has 0 atom stereocenters. The predicted octanol–water partition coefficient (Wildman–Crippen LogP) is 1.23. The van der Waals surface area contributed by atoms with E-state index >= 15 is 0 Å². The third-order valence-electron chi connectivity index (χ3n) is 4.03. The maximum Gasteiger partial charge on any atom is 0.255 e. The Labute approximate surface area is 169 Å². The van der Waals surface area contributed by atoms with Gasteiger partial charge >= 0.3 is 0 Å². The molecule has 0 unspecified atom stereocenters. The van der Waals surface area contributed by atoms with Gasteiger partial charge < -0.3 is 10.1 Å². The van der Waals surface area contributed by atoms with Crippen molar-refractivity contribution in [2.24, 2.45) is 0 Å². The zero-order valence-corrected chi connectivity index (χ0v) is 15.9. The lowest BCUT2D eigenvalue weighted by molar-refractivity contribution is 0.0948. The fourth-order valence-electron chi connectivity index (χ4n) is 2.60. The molecule has 1 amide bonds. The number of carbonyl (C=O) groups excluding carboxylic acids is 1. The lowest BCUT2D eigenvalue weighted by Crippen LogP contribution is -2.23. The van der Waals surface area contributed by atoms with Crippen LogP contribution in [0.25, 0.3) is 11.5 Å². The van der Waals surface area contributed by atoms with Gasteiger partial charge in [0.15, 0.2) is 5.82 Å². The van der Waals surface area contributed by atoms with Crippen molar-refractivity contribution < 1.29 is 9.53 Å². The van der Waals surface area contributed by atoms with E-state index in [1.165, 1.54) is 30.5 Å². The van der Waals surface area contributed by atoms with Gasteiger partial charge in [-0.15, -0.1) is 5.10 Å². The van der Waals surface area contributed by atoms with Gasteiger partial charge in [0.05, 0.1) is 23.4 Å². The number of benzene rings is 1. The summed E-state index contributed by atoms with van der Waals surface area (Å²) in [7, 11) is 1.47. The van der Waals surface area contributed by atoms with E-state index in [0.29, 0.717) is 27.8 Å². The molecule has 0 aliphatic heterocycles. The third kappa shape index (κ3) is 3.89. The Morgan fingerprint density at radius 1 is 1.24 bits per heavy atom. The number of halogens is 1. The van der Waals surface area contributed by atoms with Gasteiger partial charge in [0.2, 0.25) is 0 Å². The molecule has 0 aliphatic rings. The van der Waals surface area contributed by atoms with E-state index < -0.39 is 0 Å². The Balaban J connectivity index is 1.49. The molecule has 0 saturated carbocycles. The maximum absolute atomic E-state index is 12.7. The molecule has 146 valence electrons. The predicted molar refractivity (Wildman–Crippen MR) is 101 cm³/mol. The summed E-state index contributed by atoms with van der Waals surface area (Å²) in [6.45, 7) is 0.277. The summed E-state index contributed by atoms with van der Waals surface area (Å²) in [5.41, 5.74) is 1.61. The van der Waals surface area contributed by atoms with Crippen LogP contribution in [0.5, 0.6) is 5.75 Å². The normalized spacial score (nSPS) is 10.7. The molecule has 0 fully saturated rings. The Morgan fingerprint density at radius 2 is 2.14 bits per heavy atom. The van der Waals surface area contributed by atoms with Crippen molar-refractivity contribution in [2.75, 3.05) is 7.11 Å². The van der Waals surface area contributed by atoms with E-state index in [2.05, 4.69) is 35.9 Å². The van der Waals surface area contributed by atoms with E-state index in [1.54, 1.807) is 29.3 Å². The molecule has 29 heavy (non-hydrogen) atoms. The van der Waals surface area contributed by atoms with Crippen LogP contribution < -0.4 is 10.1 Å². The average molecular weight is 412 g/mol. The minimum absolute atomic E-state index is 0.277. The zero-order valence-electron chi connectivity index (χ0n) is 15.1. The van der Waals surface area contributed by atoms with Crippen LogP contribution in [0.3, 0.4) is 0 Å². The molecule has 0 radical (unpaired) electrons. The number of nitrogens with one attached hydrogen (secondary N) is 1. The standard InChI is InChI=1S/C17H14ClN9O2/c1-29-15-5-14(26-10-22-24-25-26)13(18)4-12(15)17(28)21-7-11-2-3-16(20-6-11)27-9-19-8-23-27/h2-6,8-10H,7H2,1H3,(H,21,28). The molecule has 4 rings (SSSR count). The minimum atomic E-state index is -0.340. The Morgan fingerprint density at radius 3 is 2.79 bits per heavy atom. The zero-order chi connectivity index (χ0) is 20.2. The first-order chi connectivity index (χ1) is 14.2. The second-order valence-corrected chi connectivity index (χ2v) is 6.21. The van der Waals surface area contributed by atoms with Gasteiger partial charge in [-0.2, -0.15) is 9.78 Å². The first kappa shape index (κ1) is 18.5. The topological polar surface area (TPSA) is 126 Å². The molecule has 0 aliphatic carbocycles. The molecule has 4 aromatic rings. The Hall–Kier alpha value is -3.86. The van der Waals surface area contributed by atoms with E-state index in [0.717, 1.165) is 5.56 Å². The molecule has 0 bridgehead atoms. The summed E-state index contributed by atoms with van der Waals surface area (Å²) in [4.78, 5) is 20.8. The molecule has 3 aromatic heterocycles. The Bertz CT molecular complexity index is 1110. The van der Waals surface area contributed by atoms with Crippen LogP contribution in [-0.4, -0.2) is 53.0 Å². The van der Waals surface area contributed by atoms with Gasteiger partial charge in [-0.05, 0) is 28.1 Å². The van der Waals surface area contributed by atoms with Crippen LogP contribution in [0.2, 0.25) is 5.02 Å². The van der Waals surface area contributed by atoms with Gasteiger partial charge in [0, 0.05) is 18.8 Å². The number of amides is 1. The van der Waals surface area contributed by atoms with Gasteiger partial charge in [0.1, 0.15) is 24.7 Å². The number of rotatable bonds is 6. The second-order valence-electron chi connectivity index (χ2n) is 5.81. The minimum Gasteiger partial charge on any atom is -0.496 e. The van der Waals surface area contributed by atoms with E-state index in [1.807, 2.05) is 6.07 Å². The smallest absolute Gasteiger partial charge is 0.255 e. The van der Waals surface area contributed by atoms with E-state index in [9.17, 15) is 4.79 Å². The van der Waals surface area contributed by atoms with Gasteiger partial charge in [-0.25, -0.2) is 14.6 Å². The number of tetrazole rings is 1. The summed E-state index contributed by atoms with van der Waals surface area (Å²) in [5.74, 6) is 0.633. The number of methoxy groups -OCH3 is 1. The summed E-state index contributed by atoms with van der Waals surface area (Å²) in [6, 6.07) is 6.74. The molecule has 3 heterocycles. The van der Waals surface area contributed by atoms with Crippen molar-refractivity contribution in [1.29, 1.82) is 0 Å². The summed E-state index contributed by atoms with van der Waals surface area (Å²) in [5, 5.41) is 18.1. The number of hydrogen-bond donors (Lipinski definition) is 1. The van der Waals surface area contributed by atoms with Crippen molar-refractivity contribution in [2.45, 2.75) is 6.54 Å². The number of nitrogens with zero attached hydrogens (tertiary/aromatic N) is 8. The number of hydrogen-bond acceptors (Lipinski definition) is 8. The quantitative estimate of drug-likeness (QED) is 0.502. The maximum atomic E-state index is 12.7. The summed E-state index contributed by atoms with van der Waals surface area (Å²) in [6.07, 6.45) is 6.04. The Kier molecular flexibility index (Phi) is 5.12. The van der Waals surface area contributed by atoms with Crippen LogP contribution in [0, 0.1) is 0 Å². The molecule has 1 aromatic carbocycles. The first-order valence-corrected chi connectivity index (χ1v) is 8.72. The van der Waals surface area contributed by atoms with Crippen LogP contribution in [0.15, 0.2) is 49.4 Å². The molecule has 0 spiro atoms.